The van der Waals surface area contributed by atoms with Crippen molar-refractivity contribution in [2.45, 2.75) is 34.1 Å². The van der Waals surface area contributed by atoms with Gasteiger partial charge in [-0.1, -0.05) is 75.4 Å². The molecule has 7 rings (SSSR count). The van der Waals surface area contributed by atoms with E-state index in [-0.39, 0.29) is 0 Å². The molecule has 0 N–H and O–H groups in total. The predicted molar refractivity (Wildman–Crippen MR) is 153 cm³/mol. The van der Waals surface area contributed by atoms with Crippen LogP contribution in [0.15, 0.2) is 85.1 Å². The summed E-state index contributed by atoms with van der Waals surface area (Å²) < 4.78 is 22.3. The number of hydrogen-bond acceptors (Lipinski definition) is 0. The summed E-state index contributed by atoms with van der Waals surface area (Å²) >= 11 is 0. The molecule has 176 valence electrons. The van der Waals surface area contributed by atoms with Crippen LogP contribution in [0.25, 0.3) is 60.1 Å². The molecule has 0 aliphatic carbocycles. The molecule has 0 amide bonds. The van der Waals surface area contributed by atoms with E-state index in [1.165, 1.54) is 54.4 Å². The van der Waals surface area contributed by atoms with Gasteiger partial charge in [-0.15, -0.1) is 0 Å². The number of fused-ring (bicyclic) bond motifs is 8. The quantitative estimate of drug-likeness (QED) is 0.225. The third kappa shape index (κ3) is 3.00. The van der Waals surface area contributed by atoms with Gasteiger partial charge in [-0.25, -0.2) is 4.57 Å². The molecular weight excluding hydrogens is 436 g/mol. The maximum atomic E-state index is 8.88. The number of hydrogen-bond donors (Lipinski definition) is 0. The molecule has 2 heteroatoms. The number of para-hydroxylation sites is 2. The lowest BCUT2D eigenvalue weighted by Gasteiger charge is -2.18. The molecule has 0 saturated heterocycles. The molecule has 0 saturated carbocycles. The summed E-state index contributed by atoms with van der Waals surface area (Å²) in [6.45, 7) is 8.04. The van der Waals surface area contributed by atoms with E-state index in [4.69, 9.17) is 2.74 Å². The summed E-state index contributed by atoms with van der Waals surface area (Å²) in [6.07, 6.45) is 0.533. The van der Waals surface area contributed by atoms with Crippen molar-refractivity contribution in [1.82, 2.24) is 4.40 Å². The highest BCUT2D eigenvalue weighted by Crippen LogP contribution is 2.42. The molecule has 0 unspecified atom stereocenters. The Bertz CT molecular complexity index is 2060. The van der Waals surface area contributed by atoms with Crippen molar-refractivity contribution in [3.05, 3.63) is 96.2 Å². The number of aryl methyl sites for hydroxylation is 2. The second-order valence-electron chi connectivity index (χ2n) is 11.2. The second-order valence-corrected chi connectivity index (χ2v) is 11.2. The fourth-order valence-corrected chi connectivity index (χ4v) is 6.02. The van der Waals surface area contributed by atoms with Crippen LogP contribution in [0.4, 0.5) is 0 Å². The van der Waals surface area contributed by atoms with Gasteiger partial charge < -0.3 is 4.40 Å². The minimum atomic E-state index is -1.46. The largest absolute Gasteiger partial charge is 0.307 e. The number of nitrogens with zero attached hydrogens (tertiary/aromatic N) is 2. The van der Waals surface area contributed by atoms with E-state index < -0.39 is 11.8 Å². The number of benzene rings is 4. The summed E-state index contributed by atoms with van der Waals surface area (Å²) in [5, 5.41) is 7.55. The molecule has 3 aromatic heterocycles. The van der Waals surface area contributed by atoms with E-state index in [1.54, 1.807) is 0 Å². The molecule has 0 radical (unpaired) electrons. The molecule has 0 spiro atoms. The van der Waals surface area contributed by atoms with Crippen molar-refractivity contribution in [1.29, 1.82) is 0 Å². The average molecular weight is 470 g/mol. The number of aromatic nitrogens is 2. The molecule has 3 heterocycles. The smallest absolute Gasteiger partial charge is 0.212 e. The van der Waals surface area contributed by atoms with Gasteiger partial charge in [-0.2, -0.15) is 0 Å². The summed E-state index contributed by atoms with van der Waals surface area (Å²) in [6, 6.07) is 28.4. The van der Waals surface area contributed by atoms with Gasteiger partial charge in [0, 0.05) is 47.4 Å². The van der Waals surface area contributed by atoms with Crippen molar-refractivity contribution in [3.63, 3.8) is 0 Å². The molecule has 0 atom stereocenters. The van der Waals surface area contributed by atoms with Crippen LogP contribution in [0, 0.1) is 12.3 Å². The lowest BCUT2D eigenvalue weighted by Crippen LogP contribution is -2.31. The van der Waals surface area contributed by atoms with Crippen LogP contribution in [0.2, 0.25) is 0 Å². The van der Waals surface area contributed by atoms with Crippen molar-refractivity contribution >= 4 is 48.9 Å². The standard InChI is InChI=1S/C34H31N2/c1-21-17-23-13-14-27-26-11-8-10-25-24-9-6-7-12-30(24)36(32(25)26)33(27)29(23)19-28(21)31-18-22(15-16-35(31)5)20-34(2,3)4/h6-19H,20H2,1-5H3/q+1/i20D2. The minimum Gasteiger partial charge on any atom is -0.307 e. The van der Waals surface area contributed by atoms with Gasteiger partial charge >= 0.3 is 0 Å². The summed E-state index contributed by atoms with van der Waals surface area (Å²) in [7, 11) is 2.05. The number of pyridine rings is 1. The van der Waals surface area contributed by atoms with Gasteiger partial charge in [0.05, 0.1) is 16.6 Å². The van der Waals surface area contributed by atoms with Gasteiger partial charge in [0.1, 0.15) is 7.05 Å². The van der Waals surface area contributed by atoms with E-state index in [2.05, 4.69) is 82.6 Å². The fraction of sp³-hybridized carbons (Fsp3) is 0.206. The van der Waals surface area contributed by atoms with E-state index in [9.17, 15) is 0 Å². The predicted octanol–water partition coefficient (Wildman–Crippen LogP) is 8.38. The van der Waals surface area contributed by atoms with Crippen molar-refractivity contribution in [2.24, 2.45) is 12.5 Å². The van der Waals surface area contributed by atoms with E-state index >= 15 is 0 Å². The third-order valence-electron chi connectivity index (χ3n) is 7.49. The maximum Gasteiger partial charge on any atom is 0.212 e. The Hall–Kier alpha value is -3.91. The molecule has 2 nitrogen and oxygen atoms in total. The fourth-order valence-electron chi connectivity index (χ4n) is 6.02. The van der Waals surface area contributed by atoms with Gasteiger partial charge in [0.25, 0.3) is 0 Å². The molecule has 36 heavy (non-hydrogen) atoms. The molecule has 7 aromatic rings. The van der Waals surface area contributed by atoms with Crippen LogP contribution in [0.5, 0.6) is 0 Å². The Morgan fingerprint density at radius 3 is 2.28 bits per heavy atom. The van der Waals surface area contributed by atoms with Gasteiger partial charge in [-0.3, -0.25) is 0 Å². The summed E-state index contributed by atoms with van der Waals surface area (Å²) in [4.78, 5) is 0. The Labute approximate surface area is 214 Å². The Morgan fingerprint density at radius 2 is 1.47 bits per heavy atom. The third-order valence-corrected chi connectivity index (χ3v) is 7.49. The van der Waals surface area contributed by atoms with E-state index in [1.807, 2.05) is 46.1 Å². The maximum absolute atomic E-state index is 8.88. The zero-order valence-electron chi connectivity index (χ0n) is 23.5. The van der Waals surface area contributed by atoms with Crippen LogP contribution in [0.3, 0.4) is 0 Å². The first-order valence-corrected chi connectivity index (χ1v) is 12.7. The highest BCUT2D eigenvalue weighted by molar-refractivity contribution is 6.27. The zero-order chi connectivity index (χ0) is 26.6. The van der Waals surface area contributed by atoms with Gasteiger partial charge in [-0.05, 0) is 47.4 Å². The van der Waals surface area contributed by atoms with E-state index in [0.29, 0.717) is 5.56 Å². The van der Waals surface area contributed by atoms with Crippen LogP contribution in [-0.2, 0) is 13.4 Å². The SMILES string of the molecule is [2H]C([2H])(c1cc[n+](C)c(-c2cc3c(ccc4c5cccc6c7ccccc7n(c34)c65)cc2C)c1)C(C)(C)C. The highest BCUT2D eigenvalue weighted by atomic mass is 14.9. The lowest BCUT2D eigenvalue weighted by molar-refractivity contribution is -0.660. The number of rotatable bonds is 2. The normalized spacial score (nSPS) is 13.9. The van der Waals surface area contributed by atoms with Crippen LogP contribution >= 0.6 is 0 Å². The molecule has 0 aliphatic heterocycles. The summed E-state index contributed by atoms with van der Waals surface area (Å²) in [5.74, 6) is 0. The van der Waals surface area contributed by atoms with Crippen molar-refractivity contribution in [2.75, 3.05) is 0 Å². The molecule has 0 bridgehead atoms. The minimum absolute atomic E-state index is 0.518. The van der Waals surface area contributed by atoms with Gasteiger partial charge in [0.15, 0.2) is 6.20 Å². The Kier molecular flexibility index (Phi) is 3.91. The van der Waals surface area contributed by atoms with Crippen LogP contribution < -0.4 is 4.57 Å². The second kappa shape index (κ2) is 7.30. The van der Waals surface area contributed by atoms with Crippen molar-refractivity contribution < 1.29 is 7.31 Å². The molecule has 0 aliphatic rings. The van der Waals surface area contributed by atoms with Crippen LogP contribution in [-0.4, -0.2) is 4.40 Å². The summed E-state index contributed by atoms with van der Waals surface area (Å²) in [5.41, 5.74) is 7.27. The van der Waals surface area contributed by atoms with E-state index in [0.717, 1.165) is 11.3 Å². The molecule has 0 fully saturated rings. The van der Waals surface area contributed by atoms with Crippen LogP contribution in [0.1, 0.15) is 34.6 Å². The first-order chi connectivity index (χ1) is 18.1. The topological polar surface area (TPSA) is 8.29 Å². The molecule has 4 aromatic carbocycles. The van der Waals surface area contributed by atoms with Crippen molar-refractivity contribution in [3.8, 4) is 11.3 Å². The first kappa shape index (κ1) is 19.3. The Balaban J connectivity index is 1.59. The Morgan fingerprint density at radius 1 is 0.778 bits per heavy atom. The average Bonchev–Trinajstić information content (AvgIpc) is 3.40. The zero-order valence-corrected chi connectivity index (χ0v) is 21.5. The highest BCUT2D eigenvalue weighted by Gasteiger charge is 2.21. The van der Waals surface area contributed by atoms with Gasteiger partial charge in [0.2, 0.25) is 5.69 Å². The first-order valence-electron chi connectivity index (χ1n) is 13.7. The lowest BCUT2D eigenvalue weighted by atomic mass is 9.87. The monoisotopic (exact) mass is 469 g/mol. The molecular formula is C34H31N2+.